The predicted molar refractivity (Wildman–Crippen MR) is 68.4 cm³/mol. The van der Waals surface area contributed by atoms with Gasteiger partial charge in [-0.05, 0) is 31.5 Å². The summed E-state index contributed by atoms with van der Waals surface area (Å²) in [7, 11) is 0. The number of furan rings is 1. The van der Waals surface area contributed by atoms with Gasteiger partial charge in [-0.3, -0.25) is 4.79 Å². The highest BCUT2D eigenvalue weighted by atomic mass is 16.3. The van der Waals surface area contributed by atoms with Crippen molar-refractivity contribution >= 4 is 0 Å². The molecule has 0 unspecified atom stereocenters. The highest BCUT2D eigenvalue weighted by Gasteiger charge is 2.10. The minimum Gasteiger partial charge on any atom is -0.459 e. The second-order valence-corrected chi connectivity index (χ2v) is 4.07. The Bertz CT molecular complexity index is 625. The van der Waals surface area contributed by atoms with Crippen molar-refractivity contribution in [2.24, 2.45) is 5.18 Å². The Morgan fingerprint density at radius 3 is 2.83 bits per heavy atom. The Labute approximate surface area is 104 Å². The van der Waals surface area contributed by atoms with Gasteiger partial charge in [0.15, 0.2) is 0 Å². The monoisotopic (exact) mass is 246 g/mol. The molecule has 0 aliphatic heterocycles. The number of nitroso groups, excluding NO2 is 1. The van der Waals surface area contributed by atoms with Crippen LogP contribution in [0.1, 0.15) is 23.9 Å². The lowest BCUT2D eigenvalue weighted by Crippen LogP contribution is -2.13. The molecule has 2 rings (SSSR count). The zero-order chi connectivity index (χ0) is 13.1. The lowest BCUT2D eigenvalue weighted by atomic mass is 10.1. The molecule has 0 radical (unpaired) electrons. The highest BCUT2D eigenvalue weighted by molar-refractivity contribution is 5.61. The Hall–Kier alpha value is -2.17. The molecule has 94 valence electrons. The smallest absolute Gasteiger partial charge is 0.251 e. The van der Waals surface area contributed by atoms with Gasteiger partial charge < -0.3 is 9.40 Å². The van der Waals surface area contributed by atoms with Crippen LogP contribution < -0.4 is 5.56 Å². The van der Waals surface area contributed by atoms with Gasteiger partial charge in [0.1, 0.15) is 18.1 Å². The van der Waals surface area contributed by atoms with Gasteiger partial charge >= 0.3 is 0 Å². The summed E-state index contributed by atoms with van der Waals surface area (Å²) in [5, 5.41) is 2.78. The van der Waals surface area contributed by atoms with Crippen molar-refractivity contribution in [2.45, 2.75) is 26.8 Å². The fourth-order valence-electron chi connectivity index (χ4n) is 1.86. The van der Waals surface area contributed by atoms with E-state index in [1.807, 2.05) is 19.9 Å². The first-order chi connectivity index (χ1) is 8.65. The average molecular weight is 246 g/mol. The molecule has 0 spiro atoms. The summed E-state index contributed by atoms with van der Waals surface area (Å²) in [6.45, 7) is 3.76. The summed E-state index contributed by atoms with van der Waals surface area (Å²) in [6, 6.07) is 5.32. The van der Waals surface area contributed by atoms with Gasteiger partial charge in [-0.25, -0.2) is 0 Å². The third-order valence-corrected chi connectivity index (χ3v) is 2.84. The Morgan fingerprint density at radius 2 is 2.17 bits per heavy atom. The summed E-state index contributed by atoms with van der Waals surface area (Å²) in [4.78, 5) is 24.6. The van der Waals surface area contributed by atoms with Crippen LogP contribution in [-0.2, 0) is 13.0 Å². The Balaban J connectivity index is 2.48. The average Bonchev–Trinajstić information content (AvgIpc) is 2.78. The topological polar surface area (TPSA) is 75.4 Å². The third-order valence-electron chi connectivity index (χ3n) is 2.84. The van der Waals surface area contributed by atoms with Crippen LogP contribution in [0.15, 0.2) is 32.6 Å². The zero-order valence-corrected chi connectivity index (χ0v) is 10.3. The van der Waals surface area contributed by atoms with Crippen molar-refractivity contribution in [2.75, 3.05) is 0 Å². The minimum atomic E-state index is -0.0694. The Morgan fingerprint density at radius 1 is 1.39 bits per heavy atom. The summed E-state index contributed by atoms with van der Waals surface area (Å²) < 4.78 is 5.51. The molecule has 2 heterocycles. The van der Waals surface area contributed by atoms with Crippen molar-refractivity contribution in [3.63, 3.8) is 0 Å². The number of hydrogen-bond donors (Lipinski definition) is 1. The van der Waals surface area contributed by atoms with E-state index in [9.17, 15) is 9.70 Å². The molecule has 0 atom stereocenters. The first kappa shape index (κ1) is 12.3. The van der Waals surface area contributed by atoms with E-state index in [1.54, 1.807) is 12.1 Å². The standard InChI is InChI=1S/C13H14N2O3/c1-3-9-6-11(8(2)15-13(9)16)12-5-4-10(18-12)7-14-17/h4-6H,3,7H2,1-2H3,(H,15,16). The Kier molecular flexibility index (Phi) is 3.41. The normalized spacial score (nSPS) is 10.6. The van der Waals surface area contributed by atoms with E-state index < -0.39 is 0 Å². The maximum atomic E-state index is 11.6. The third kappa shape index (κ3) is 2.25. The van der Waals surface area contributed by atoms with Gasteiger partial charge in [-0.15, -0.1) is 0 Å². The molecule has 0 aliphatic carbocycles. The second-order valence-electron chi connectivity index (χ2n) is 4.07. The zero-order valence-electron chi connectivity index (χ0n) is 10.3. The van der Waals surface area contributed by atoms with Gasteiger partial charge in [0.05, 0.1) is 0 Å². The summed E-state index contributed by atoms with van der Waals surface area (Å²) in [6.07, 6.45) is 0.659. The predicted octanol–water partition coefficient (Wildman–Crippen LogP) is 2.77. The van der Waals surface area contributed by atoms with Crippen LogP contribution in [-0.4, -0.2) is 4.98 Å². The van der Waals surface area contributed by atoms with Crippen molar-refractivity contribution in [3.05, 3.63) is 50.5 Å². The number of aromatic amines is 1. The molecule has 18 heavy (non-hydrogen) atoms. The number of aromatic nitrogens is 1. The molecule has 0 aromatic carbocycles. The quantitative estimate of drug-likeness (QED) is 0.843. The number of hydrogen-bond acceptors (Lipinski definition) is 4. The van der Waals surface area contributed by atoms with Crippen LogP contribution in [0.25, 0.3) is 11.3 Å². The van der Waals surface area contributed by atoms with Crippen molar-refractivity contribution in [1.82, 2.24) is 4.98 Å². The maximum Gasteiger partial charge on any atom is 0.251 e. The van der Waals surface area contributed by atoms with E-state index in [4.69, 9.17) is 4.42 Å². The molecule has 5 heteroatoms. The molecule has 0 aliphatic rings. The molecule has 0 saturated heterocycles. The molecular formula is C13H14N2O3. The van der Waals surface area contributed by atoms with E-state index in [0.29, 0.717) is 23.5 Å². The molecular weight excluding hydrogens is 232 g/mol. The van der Waals surface area contributed by atoms with Crippen molar-refractivity contribution in [3.8, 4) is 11.3 Å². The van der Waals surface area contributed by atoms with E-state index in [-0.39, 0.29) is 12.1 Å². The van der Waals surface area contributed by atoms with E-state index in [2.05, 4.69) is 10.2 Å². The second kappa shape index (κ2) is 5.00. The number of pyridine rings is 1. The molecule has 2 aromatic rings. The minimum absolute atomic E-state index is 0.0169. The van der Waals surface area contributed by atoms with Gasteiger partial charge in [0.2, 0.25) is 0 Å². The number of nitrogens with zero attached hydrogens (tertiary/aromatic N) is 1. The molecule has 0 bridgehead atoms. The largest absolute Gasteiger partial charge is 0.459 e. The van der Waals surface area contributed by atoms with Gasteiger partial charge in [-0.2, -0.15) is 4.91 Å². The highest BCUT2D eigenvalue weighted by Crippen LogP contribution is 2.24. The van der Waals surface area contributed by atoms with Gasteiger partial charge in [-0.1, -0.05) is 12.1 Å². The molecule has 2 aromatic heterocycles. The van der Waals surface area contributed by atoms with Gasteiger partial charge in [0, 0.05) is 16.8 Å². The van der Waals surface area contributed by atoms with E-state index in [0.717, 1.165) is 11.3 Å². The first-order valence-corrected chi connectivity index (χ1v) is 5.76. The summed E-state index contributed by atoms with van der Waals surface area (Å²) >= 11 is 0. The lowest BCUT2D eigenvalue weighted by molar-refractivity contribution is 0.524. The van der Waals surface area contributed by atoms with Crippen molar-refractivity contribution < 1.29 is 4.42 Å². The van der Waals surface area contributed by atoms with Crippen LogP contribution in [0.2, 0.25) is 0 Å². The summed E-state index contributed by atoms with van der Waals surface area (Å²) in [5.41, 5.74) is 2.22. The number of nitrogens with one attached hydrogen (secondary N) is 1. The molecule has 0 amide bonds. The van der Waals surface area contributed by atoms with Crippen LogP contribution in [0.4, 0.5) is 0 Å². The molecule has 5 nitrogen and oxygen atoms in total. The number of aryl methyl sites for hydroxylation is 2. The maximum absolute atomic E-state index is 11.6. The first-order valence-electron chi connectivity index (χ1n) is 5.76. The number of H-pyrrole nitrogens is 1. The number of rotatable bonds is 4. The van der Waals surface area contributed by atoms with Crippen LogP contribution in [0.5, 0.6) is 0 Å². The fourth-order valence-corrected chi connectivity index (χ4v) is 1.86. The molecule has 1 N–H and O–H groups in total. The molecule has 0 fully saturated rings. The molecule has 0 saturated carbocycles. The fraction of sp³-hybridized carbons (Fsp3) is 0.308. The lowest BCUT2D eigenvalue weighted by Gasteiger charge is -2.05. The van der Waals surface area contributed by atoms with Crippen LogP contribution in [0.3, 0.4) is 0 Å². The van der Waals surface area contributed by atoms with Crippen LogP contribution in [0, 0.1) is 11.8 Å². The summed E-state index contributed by atoms with van der Waals surface area (Å²) in [5.74, 6) is 1.15. The SMILES string of the molecule is CCc1cc(-c2ccc(CN=O)o2)c(C)[nH]c1=O. The van der Waals surface area contributed by atoms with Crippen LogP contribution >= 0.6 is 0 Å². The van der Waals surface area contributed by atoms with E-state index in [1.165, 1.54) is 0 Å². The van der Waals surface area contributed by atoms with E-state index >= 15 is 0 Å². The van der Waals surface area contributed by atoms with Crippen molar-refractivity contribution in [1.29, 1.82) is 0 Å². The van der Waals surface area contributed by atoms with Gasteiger partial charge in [0.25, 0.3) is 5.56 Å².